The Bertz CT molecular complexity index is 2910. The van der Waals surface area contributed by atoms with E-state index in [2.05, 4.69) is 136 Å². The minimum Gasteiger partial charge on any atom is -0.458 e. The molecule has 10 rings (SSSR count). The second kappa shape index (κ2) is 16.2. The number of aryl methyl sites for hydroxylation is 2. The van der Waals surface area contributed by atoms with E-state index < -0.39 is 0 Å². The number of hydrogen-bond acceptors (Lipinski definition) is 4. The maximum Gasteiger partial charge on any atom is 0.260 e. The van der Waals surface area contributed by atoms with Gasteiger partial charge >= 0.3 is 0 Å². The number of rotatable bonds is 3. The van der Waals surface area contributed by atoms with Crippen LogP contribution in [0.4, 0.5) is 4.39 Å². The van der Waals surface area contributed by atoms with Crippen LogP contribution in [-0.2, 0) is 30.9 Å². The molecule has 0 N–H and O–H groups in total. The van der Waals surface area contributed by atoms with E-state index in [-0.39, 0.29) is 43.5 Å². The molecule has 0 saturated carbocycles. The van der Waals surface area contributed by atoms with Crippen LogP contribution in [-0.4, -0.2) is 16.7 Å². The van der Waals surface area contributed by atoms with Gasteiger partial charge in [0.15, 0.2) is 0 Å². The zero-order valence-electron chi connectivity index (χ0n) is 35.7. The van der Waals surface area contributed by atoms with Crippen LogP contribution in [0.15, 0.2) is 134 Å². The van der Waals surface area contributed by atoms with Gasteiger partial charge in [0.1, 0.15) is 23.0 Å². The van der Waals surface area contributed by atoms with Gasteiger partial charge in [0.2, 0.25) is 0 Å². The van der Waals surface area contributed by atoms with E-state index in [1.54, 1.807) is 6.07 Å². The Morgan fingerprint density at radius 1 is 0.607 bits per heavy atom. The summed E-state index contributed by atoms with van der Waals surface area (Å²) >= 11 is 0. The van der Waals surface area contributed by atoms with E-state index in [0.717, 1.165) is 78.4 Å². The Labute approximate surface area is 372 Å². The zero-order chi connectivity index (χ0) is 41.9. The van der Waals surface area contributed by atoms with Crippen molar-refractivity contribution < 1.29 is 34.0 Å². The number of pyridine rings is 2. The number of halogens is 1. The van der Waals surface area contributed by atoms with Crippen molar-refractivity contribution in [2.75, 3.05) is 0 Å². The Kier molecular flexibility index (Phi) is 11.1. The van der Waals surface area contributed by atoms with E-state index >= 15 is 0 Å². The van der Waals surface area contributed by atoms with Crippen LogP contribution >= 0.6 is 0 Å². The van der Waals surface area contributed by atoms with Crippen molar-refractivity contribution in [1.29, 1.82) is 0 Å². The third-order valence-electron chi connectivity index (χ3n) is 11.7. The summed E-state index contributed by atoms with van der Waals surface area (Å²) in [5.74, 6) is 3.29. The minimum atomic E-state index is -0.275. The number of ether oxygens (including phenoxy) is 2. The molecule has 2 aliphatic rings. The molecule has 0 atom stereocenters. The van der Waals surface area contributed by atoms with Gasteiger partial charge in [0.25, 0.3) is 6.71 Å². The predicted octanol–water partition coefficient (Wildman–Crippen LogP) is 12.0. The van der Waals surface area contributed by atoms with Crippen LogP contribution in [0.2, 0.25) is 0 Å². The summed E-state index contributed by atoms with van der Waals surface area (Å²) in [4.78, 5) is 8.81. The van der Waals surface area contributed by atoms with Gasteiger partial charge in [-0.05, 0) is 105 Å². The van der Waals surface area contributed by atoms with Crippen LogP contribution < -0.4 is 25.9 Å². The predicted molar refractivity (Wildman–Crippen MR) is 244 cm³/mol. The molecule has 0 saturated heterocycles. The monoisotopic (exact) mass is 977 g/mol. The third kappa shape index (κ3) is 8.17. The second-order valence-electron chi connectivity index (χ2n) is 18.0. The van der Waals surface area contributed by atoms with Crippen molar-refractivity contribution in [3.05, 3.63) is 174 Å². The zero-order valence-corrected chi connectivity index (χ0v) is 38.1. The minimum absolute atomic E-state index is 0. The molecule has 4 heterocycles. The topological polar surface area (TPSA) is 44.2 Å². The summed E-state index contributed by atoms with van der Waals surface area (Å²) in [7, 11) is 0. The number of nitrogens with zero attached hydrogens (tertiary/aromatic N) is 2. The standard InChI is InChI=1S/C41H35BNO2.C13H11FN.Ir/c1-40(2,3)29-14-17-35-32(23-29)42-33-24-30(41(4,5)6)15-18-36(33)45-39-31-16-13-26(21-28(31)22-37(44-35)38(39)42)25-10-9-11-27(20-25)34-12-7-8-19-43-34;1-9-7-13(15-8-10(9)2)11-3-5-12(14)6-4-11;/h7-10,12-24H,1-6H3;3,5-8H,1-2H3;/q2*-1;. The average Bonchev–Trinajstić information content (AvgIpc) is 3.24. The smallest absolute Gasteiger partial charge is 0.260 e. The van der Waals surface area contributed by atoms with Crippen molar-refractivity contribution in [3.63, 3.8) is 0 Å². The number of benzene rings is 6. The van der Waals surface area contributed by atoms with Crippen LogP contribution in [0.25, 0.3) is 44.4 Å². The second-order valence-corrected chi connectivity index (χ2v) is 18.0. The molecule has 2 aliphatic heterocycles. The van der Waals surface area contributed by atoms with Gasteiger partial charge in [-0.2, -0.15) is 0 Å². The normalized spacial score (nSPS) is 12.4. The first-order valence-corrected chi connectivity index (χ1v) is 20.5. The number of fused-ring (bicyclic) bond motifs is 6. The molecule has 0 bridgehead atoms. The number of aromatic nitrogens is 2. The molecular formula is C54H46BFIrN2O2-2. The summed E-state index contributed by atoms with van der Waals surface area (Å²) in [5.41, 5.74) is 14.2. The van der Waals surface area contributed by atoms with Gasteiger partial charge in [0, 0.05) is 49.2 Å². The summed E-state index contributed by atoms with van der Waals surface area (Å²) < 4.78 is 26.3. The van der Waals surface area contributed by atoms with Crippen LogP contribution in [0.3, 0.4) is 0 Å². The Hall–Kier alpha value is -5.88. The molecule has 61 heavy (non-hydrogen) atoms. The fourth-order valence-corrected chi connectivity index (χ4v) is 8.04. The van der Waals surface area contributed by atoms with Crippen molar-refractivity contribution in [2.45, 2.75) is 66.2 Å². The molecule has 0 unspecified atom stereocenters. The molecule has 305 valence electrons. The van der Waals surface area contributed by atoms with Crippen LogP contribution in [0, 0.1) is 31.8 Å². The van der Waals surface area contributed by atoms with Gasteiger partial charge in [-0.25, -0.2) is 0 Å². The van der Waals surface area contributed by atoms with Crippen molar-refractivity contribution in [1.82, 2.24) is 9.97 Å². The Balaban J connectivity index is 0.000000272. The third-order valence-corrected chi connectivity index (χ3v) is 11.7. The molecule has 0 aliphatic carbocycles. The average molecular weight is 977 g/mol. The first-order valence-electron chi connectivity index (χ1n) is 20.5. The molecular weight excluding hydrogens is 931 g/mol. The van der Waals surface area contributed by atoms with Gasteiger partial charge in [-0.1, -0.05) is 102 Å². The molecule has 0 fully saturated rings. The van der Waals surface area contributed by atoms with Crippen LogP contribution in [0.5, 0.6) is 23.0 Å². The maximum atomic E-state index is 12.7. The molecule has 2 aromatic heterocycles. The molecule has 1 radical (unpaired) electrons. The van der Waals surface area contributed by atoms with E-state index in [9.17, 15) is 4.39 Å². The van der Waals surface area contributed by atoms with Gasteiger partial charge < -0.3 is 19.4 Å². The largest absolute Gasteiger partial charge is 0.458 e. The van der Waals surface area contributed by atoms with E-state index in [1.807, 2.05) is 56.6 Å². The molecule has 0 amide bonds. The number of hydrogen-bond donors (Lipinski definition) is 0. The van der Waals surface area contributed by atoms with E-state index in [4.69, 9.17) is 9.47 Å². The quantitative estimate of drug-likeness (QED) is 0.131. The summed E-state index contributed by atoms with van der Waals surface area (Å²) in [5, 5.41) is 2.16. The SMILES string of the molecule is CC(C)(C)c1ccc2c(c1)B1c3cc(C(C)(C)C)ccc3Oc3c1c(cc1cc(-c4cc[c-]c(-c5ccccn5)c4)ccc31)O2.Cc1cnc(-c2[c-]cc(F)cc2)cc1C.[Ir]. The van der Waals surface area contributed by atoms with Crippen molar-refractivity contribution >= 4 is 33.9 Å². The Morgan fingerprint density at radius 2 is 1.31 bits per heavy atom. The van der Waals surface area contributed by atoms with E-state index in [0.29, 0.717) is 0 Å². The molecule has 8 aromatic rings. The molecule has 0 spiro atoms. The molecule has 4 nitrogen and oxygen atoms in total. The van der Waals surface area contributed by atoms with E-state index in [1.165, 1.54) is 39.7 Å². The fourth-order valence-electron chi connectivity index (χ4n) is 8.04. The fraction of sp³-hybridized carbons (Fsp3) is 0.185. The molecule has 7 heteroatoms. The van der Waals surface area contributed by atoms with Gasteiger partial charge in [-0.3, -0.25) is 4.39 Å². The van der Waals surface area contributed by atoms with Crippen molar-refractivity contribution in [2.24, 2.45) is 0 Å². The Morgan fingerprint density at radius 3 is 1.95 bits per heavy atom. The van der Waals surface area contributed by atoms with Crippen molar-refractivity contribution in [3.8, 4) is 56.6 Å². The van der Waals surface area contributed by atoms with Crippen LogP contribution in [0.1, 0.15) is 63.8 Å². The molecule has 6 aromatic carbocycles. The first kappa shape index (κ1) is 41.8. The van der Waals surface area contributed by atoms with Gasteiger partial charge in [-0.15, -0.1) is 65.2 Å². The summed E-state index contributed by atoms with van der Waals surface area (Å²) in [6, 6.07) is 47.1. The summed E-state index contributed by atoms with van der Waals surface area (Å²) in [6.07, 6.45) is 3.64. The maximum absolute atomic E-state index is 12.7. The van der Waals surface area contributed by atoms with Gasteiger partial charge in [0.05, 0.1) is 0 Å². The first-order chi connectivity index (χ1) is 28.7. The summed E-state index contributed by atoms with van der Waals surface area (Å²) in [6.45, 7) is 17.7.